The number of aryl methyl sites for hydroxylation is 1. The van der Waals surface area contributed by atoms with Gasteiger partial charge in [-0.05, 0) is 19.1 Å². The normalized spacial score (nSPS) is 19.0. The molecule has 0 aromatic carbocycles. The van der Waals surface area contributed by atoms with Crippen molar-refractivity contribution in [1.82, 2.24) is 4.98 Å². The molecule has 1 N–H and O–H groups in total. The van der Waals surface area contributed by atoms with Crippen LogP contribution in [0.2, 0.25) is 0 Å². The van der Waals surface area contributed by atoms with E-state index in [1.54, 1.807) is 6.20 Å². The van der Waals surface area contributed by atoms with Crippen molar-refractivity contribution in [1.29, 1.82) is 0 Å². The zero-order chi connectivity index (χ0) is 12.3. The van der Waals surface area contributed by atoms with Crippen LogP contribution in [-0.2, 0) is 4.74 Å². The Morgan fingerprint density at radius 3 is 2.82 bits per heavy atom. The standard InChI is InChI=1S/C13H20N2O2/c1-11-9-12(3-6-14-11)15(2)10-13(16)4-7-17-8-5-13/h3,6,9,16H,4-5,7-8,10H2,1-2H3. The zero-order valence-electron chi connectivity index (χ0n) is 10.5. The summed E-state index contributed by atoms with van der Waals surface area (Å²) in [5.41, 5.74) is 1.47. The number of rotatable bonds is 3. The lowest BCUT2D eigenvalue weighted by molar-refractivity contribution is -0.0572. The molecule has 0 spiro atoms. The molecule has 0 radical (unpaired) electrons. The number of ether oxygens (including phenoxy) is 1. The minimum absolute atomic E-state index is 0.621. The van der Waals surface area contributed by atoms with Crippen molar-refractivity contribution in [3.05, 3.63) is 24.0 Å². The van der Waals surface area contributed by atoms with Gasteiger partial charge in [0.25, 0.3) is 0 Å². The Morgan fingerprint density at radius 1 is 1.47 bits per heavy atom. The van der Waals surface area contributed by atoms with Gasteiger partial charge in [-0.2, -0.15) is 0 Å². The first-order valence-electron chi connectivity index (χ1n) is 6.03. The first-order valence-corrected chi connectivity index (χ1v) is 6.03. The lowest BCUT2D eigenvalue weighted by Gasteiger charge is -2.36. The van der Waals surface area contributed by atoms with E-state index < -0.39 is 5.60 Å². The van der Waals surface area contributed by atoms with Gasteiger partial charge in [-0.3, -0.25) is 4.98 Å². The first kappa shape index (κ1) is 12.3. The van der Waals surface area contributed by atoms with Crippen molar-refractivity contribution >= 4 is 5.69 Å². The zero-order valence-corrected chi connectivity index (χ0v) is 10.5. The molecule has 1 fully saturated rings. The summed E-state index contributed by atoms with van der Waals surface area (Å²) >= 11 is 0. The SMILES string of the molecule is Cc1cc(N(C)CC2(O)CCOCC2)ccn1. The van der Waals surface area contributed by atoms with Crippen molar-refractivity contribution in [3.63, 3.8) is 0 Å². The molecule has 0 unspecified atom stereocenters. The molecule has 4 heteroatoms. The molecule has 0 atom stereocenters. The van der Waals surface area contributed by atoms with Crippen molar-refractivity contribution in [2.75, 3.05) is 31.7 Å². The molecule has 1 aliphatic rings. The molecule has 1 saturated heterocycles. The van der Waals surface area contributed by atoms with Gasteiger partial charge in [0.2, 0.25) is 0 Å². The molecule has 1 aromatic heterocycles. The van der Waals surface area contributed by atoms with E-state index in [0.29, 0.717) is 32.6 Å². The fourth-order valence-corrected chi connectivity index (χ4v) is 2.21. The number of aromatic nitrogens is 1. The second-order valence-electron chi connectivity index (χ2n) is 4.85. The predicted octanol–water partition coefficient (Wildman–Crippen LogP) is 1.37. The van der Waals surface area contributed by atoms with Gasteiger partial charge in [-0.1, -0.05) is 0 Å². The fraction of sp³-hybridized carbons (Fsp3) is 0.615. The lowest BCUT2D eigenvalue weighted by atomic mass is 9.94. The summed E-state index contributed by atoms with van der Waals surface area (Å²) in [6, 6.07) is 4.00. The van der Waals surface area contributed by atoms with Crippen LogP contribution in [0.25, 0.3) is 0 Å². The van der Waals surface area contributed by atoms with Crippen LogP contribution >= 0.6 is 0 Å². The summed E-state index contributed by atoms with van der Waals surface area (Å²) < 4.78 is 5.28. The van der Waals surface area contributed by atoms with E-state index in [9.17, 15) is 5.11 Å². The van der Waals surface area contributed by atoms with Crippen LogP contribution in [-0.4, -0.2) is 42.5 Å². The Labute approximate surface area is 102 Å². The molecule has 2 heterocycles. The van der Waals surface area contributed by atoms with E-state index in [-0.39, 0.29) is 0 Å². The van der Waals surface area contributed by atoms with Gasteiger partial charge in [0.05, 0.1) is 5.60 Å². The quantitative estimate of drug-likeness (QED) is 0.861. The van der Waals surface area contributed by atoms with Crippen LogP contribution in [0, 0.1) is 6.92 Å². The molecule has 17 heavy (non-hydrogen) atoms. The van der Waals surface area contributed by atoms with Crippen LogP contribution in [0.5, 0.6) is 0 Å². The molecule has 0 saturated carbocycles. The number of anilines is 1. The van der Waals surface area contributed by atoms with Crippen LogP contribution in [0.1, 0.15) is 18.5 Å². The third-order valence-corrected chi connectivity index (χ3v) is 3.28. The Hall–Kier alpha value is -1.13. The Morgan fingerprint density at radius 2 is 2.18 bits per heavy atom. The Kier molecular flexibility index (Phi) is 3.64. The third kappa shape index (κ3) is 3.17. The van der Waals surface area contributed by atoms with Gasteiger partial charge >= 0.3 is 0 Å². The largest absolute Gasteiger partial charge is 0.388 e. The van der Waals surface area contributed by atoms with Crippen molar-refractivity contribution in [2.45, 2.75) is 25.4 Å². The number of aliphatic hydroxyl groups is 1. The molecule has 0 amide bonds. The molecule has 0 aliphatic carbocycles. The average molecular weight is 236 g/mol. The smallest absolute Gasteiger partial charge is 0.0865 e. The van der Waals surface area contributed by atoms with E-state index in [1.165, 1.54) is 0 Å². The van der Waals surface area contributed by atoms with Gasteiger partial charge in [0, 0.05) is 57.2 Å². The number of nitrogens with zero attached hydrogens (tertiary/aromatic N) is 2. The third-order valence-electron chi connectivity index (χ3n) is 3.28. The van der Waals surface area contributed by atoms with Crippen LogP contribution in [0.15, 0.2) is 18.3 Å². The number of pyridine rings is 1. The maximum absolute atomic E-state index is 10.4. The molecule has 2 rings (SSSR count). The van der Waals surface area contributed by atoms with E-state index in [1.807, 2.05) is 26.1 Å². The number of likely N-dealkylation sites (N-methyl/N-ethyl adjacent to an activating group) is 1. The number of hydrogen-bond donors (Lipinski definition) is 1. The second kappa shape index (κ2) is 5.02. The molecule has 94 valence electrons. The monoisotopic (exact) mass is 236 g/mol. The summed E-state index contributed by atoms with van der Waals surface area (Å²) in [5, 5.41) is 10.4. The molecular formula is C13H20N2O2. The highest BCUT2D eigenvalue weighted by Gasteiger charge is 2.31. The predicted molar refractivity (Wildman–Crippen MR) is 67.2 cm³/mol. The van der Waals surface area contributed by atoms with Gasteiger partial charge < -0.3 is 14.7 Å². The summed E-state index contributed by atoms with van der Waals surface area (Å²) in [5.74, 6) is 0. The van der Waals surface area contributed by atoms with E-state index in [0.717, 1.165) is 11.4 Å². The van der Waals surface area contributed by atoms with Crippen molar-refractivity contribution in [3.8, 4) is 0 Å². The maximum atomic E-state index is 10.4. The van der Waals surface area contributed by atoms with E-state index in [2.05, 4.69) is 9.88 Å². The summed E-state index contributed by atoms with van der Waals surface area (Å²) in [6.07, 6.45) is 3.22. The van der Waals surface area contributed by atoms with Crippen LogP contribution in [0.4, 0.5) is 5.69 Å². The fourth-order valence-electron chi connectivity index (χ4n) is 2.21. The molecule has 4 nitrogen and oxygen atoms in total. The Bertz CT molecular complexity index is 375. The second-order valence-corrected chi connectivity index (χ2v) is 4.85. The summed E-state index contributed by atoms with van der Waals surface area (Å²) in [7, 11) is 2.00. The molecule has 0 bridgehead atoms. The maximum Gasteiger partial charge on any atom is 0.0865 e. The van der Waals surface area contributed by atoms with Gasteiger partial charge in [0.15, 0.2) is 0 Å². The van der Waals surface area contributed by atoms with Crippen LogP contribution < -0.4 is 4.90 Å². The lowest BCUT2D eigenvalue weighted by Crippen LogP contribution is -2.45. The van der Waals surface area contributed by atoms with E-state index >= 15 is 0 Å². The topological polar surface area (TPSA) is 45.6 Å². The molecule has 1 aromatic rings. The van der Waals surface area contributed by atoms with Gasteiger partial charge in [0.1, 0.15) is 0 Å². The van der Waals surface area contributed by atoms with Gasteiger partial charge in [-0.15, -0.1) is 0 Å². The van der Waals surface area contributed by atoms with Crippen LogP contribution in [0.3, 0.4) is 0 Å². The summed E-state index contributed by atoms with van der Waals surface area (Å²) in [6.45, 7) is 3.92. The highest BCUT2D eigenvalue weighted by molar-refractivity contribution is 5.45. The average Bonchev–Trinajstić information content (AvgIpc) is 2.29. The Balaban J connectivity index is 2.03. The molecule has 1 aliphatic heterocycles. The van der Waals surface area contributed by atoms with E-state index in [4.69, 9.17) is 4.74 Å². The highest BCUT2D eigenvalue weighted by atomic mass is 16.5. The molecular weight excluding hydrogens is 216 g/mol. The minimum atomic E-state index is -0.621. The highest BCUT2D eigenvalue weighted by Crippen LogP contribution is 2.23. The first-order chi connectivity index (χ1) is 8.09. The van der Waals surface area contributed by atoms with Crippen molar-refractivity contribution in [2.24, 2.45) is 0 Å². The number of hydrogen-bond acceptors (Lipinski definition) is 4. The van der Waals surface area contributed by atoms with Gasteiger partial charge in [-0.25, -0.2) is 0 Å². The summed E-state index contributed by atoms with van der Waals surface area (Å²) in [4.78, 5) is 6.26. The minimum Gasteiger partial charge on any atom is -0.388 e. The van der Waals surface area contributed by atoms with Crippen molar-refractivity contribution < 1.29 is 9.84 Å².